The molecule has 1 aliphatic rings. The molecular weight excluding hydrogens is 294 g/mol. The van der Waals surface area contributed by atoms with Crippen LogP contribution in [-0.4, -0.2) is 43.9 Å². The van der Waals surface area contributed by atoms with E-state index in [9.17, 15) is 4.79 Å². The normalized spacial score (nSPS) is 18.4. The Morgan fingerprint density at radius 2 is 2.22 bits per heavy atom. The molecule has 1 N–H and O–H groups in total. The van der Waals surface area contributed by atoms with Crippen molar-refractivity contribution < 1.29 is 9.90 Å². The average molecular weight is 315 g/mol. The lowest BCUT2D eigenvalue weighted by Crippen LogP contribution is -2.36. The van der Waals surface area contributed by atoms with Crippen LogP contribution in [0.1, 0.15) is 55.0 Å². The van der Waals surface area contributed by atoms with Gasteiger partial charge in [0.15, 0.2) is 5.69 Å². The molecule has 7 heteroatoms. The van der Waals surface area contributed by atoms with Gasteiger partial charge in [-0.2, -0.15) is 0 Å². The van der Waals surface area contributed by atoms with E-state index in [2.05, 4.69) is 38.5 Å². The van der Waals surface area contributed by atoms with Crippen molar-refractivity contribution in [1.82, 2.24) is 19.7 Å². The molecule has 0 bridgehead atoms. The van der Waals surface area contributed by atoms with Crippen molar-refractivity contribution >= 4 is 11.8 Å². The van der Waals surface area contributed by atoms with Crippen molar-refractivity contribution in [2.45, 2.75) is 38.6 Å². The van der Waals surface area contributed by atoms with Gasteiger partial charge in [0.25, 0.3) is 0 Å². The van der Waals surface area contributed by atoms with Crippen molar-refractivity contribution in [2.24, 2.45) is 0 Å². The summed E-state index contributed by atoms with van der Waals surface area (Å²) in [6.07, 6.45) is 3.86. The largest absolute Gasteiger partial charge is 0.477 e. The Kier molecular flexibility index (Phi) is 4.27. The molecule has 2 aromatic rings. The molecule has 2 aromatic heterocycles. The molecule has 23 heavy (non-hydrogen) atoms. The Hall–Kier alpha value is -2.44. The molecule has 0 amide bonds. The first-order valence-corrected chi connectivity index (χ1v) is 7.91. The number of hydrogen-bond donors (Lipinski definition) is 1. The van der Waals surface area contributed by atoms with Crippen molar-refractivity contribution in [3.63, 3.8) is 0 Å². The molecule has 0 radical (unpaired) electrons. The van der Waals surface area contributed by atoms with Gasteiger partial charge < -0.3 is 14.6 Å². The van der Waals surface area contributed by atoms with Crippen LogP contribution in [0.3, 0.4) is 0 Å². The fourth-order valence-electron chi connectivity index (χ4n) is 3.06. The van der Waals surface area contributed by atoms with Gasteiger partial charge in [0.05, 0.1) is 0 Å². The van der Waals surface area contributed by atoms with Gasteiger partial charge in [-0.05, 0) is 38.8 Å². The Balaban J connectivity index is 1.82. The number of rotatable bonds is 4. The number of carboxylic acid groups (broad SMARTS) is 1. The average Bonchev–Trinajstić information content (AvgIpc) is 3.05. The lowest BCUT2D eigenvalue weighted by atomic mass is 9.97. The maximum absolute atomic E-state index is 11.1. The Bertz CT molecular complexity index is 697. The smallest absolute Gasteiger partial charge is 0.354 e. The van der Waals surface area contributed by atoms with E-state index in [1.807, 2.05) is 6.07 Å². The minimum atomic E-state index is -1.00. The summed E-state index contributed by atoms with van der Waals surface area (Å²) in [7, 11) is 0. The number of carboxylic acids is 1. The highest BCUT2D eigenvalue weighted by Crippen LogP contribution is 2.29. The topological polar surface area (TPSA) is 84.1 Å². The third kappa shape index (κ3) is 3.18. The maximum atomic E-state index is 11.1. The van der Waals surface area contributed by atoms with Crippen LogP contribution < -0.4 is 4.90 Å². The highest BCUT2D eigenvalue weighted by Gasteiger charge is 2.26. The van der Waals surface area contributed by atoms with E-state index in [0.717, 1.165) is 31.8 Å². The van der Waals surface area contributed by atoms with Crippen LogP contribution in [0.15, 0.2) is 24.5 Å². The Morgan fingerprint density at radius 3 is 2.96 bits per heavy atom. The first-order valence-electron chi connectivity index (χ1n) is 7.91. The van der Waals surface area contributed by atoms with Crippen LogP contribution in [0.25, 0.3) is 0 Å². The first-order chi connectivity index (χ1) is 11.1. The molecule has 0 aromatic carbocycles. The molecule has 3 rings (SSSR count). The summed E-state index contributed by atoms with van der Waals surface area (Å²) >= 11 is 0. The van der Waals surface area contributed by atoms with Gasteiger partial charge in [0.1, 0.15) is 18.0 Å². The fraction of sp³-hybridized carbons (Fsp3) is 0.500. The van der Waals surface area contributed by atoms with Crippen LogP contribution in [0.5, 0.6) is 0 Å². The van der Waals surface area contributed by atoms with Gasteiger partial charge in [0, 0.05) is 25.0 Å². The van der Waals surface area contributed by atoms with E-state index in [0.29, 0.717) is 11.9 Å². The number of aromatic carboxylic acids is 1. The first kappa shape index (κ1) is 15.5. The molecule has 1 aliphatic heterocycles. The molecule has 7 nitrogen and oxygen atoms in total. The molecule has 1 fully saturated rings. The lowest BCUT2D eigenvalue weighted by molar-refractivity contribution is 0.0690. The molecule has 0 saturated carbocycles. The van der Waals surface area contributed by atoms with E-state index < -0.39 is 5.97 Å². The second kappa shape index (κ2) is 6.36. The standard InChI is InChI=1S/C16H21N5O2/c1-11(2)21-10-17-19-15(21)12-5-4-8-20(9-12)14-7-3-6-13(18-14)16(22)23/h3,6-7,10-12H,4-5,8-9H2,1-2H3,(H,22,23). The lowest BCUT2D eigenvalue weighted by Gasteiger charge is -2.33. The number of piperidine rings is 1. The van der Waals surface area contributed by atoms with Gasteiger partial charge in [-0.1, -0.05) is 6.07 Å². The van der Waals surface area contributed by atoms with Gasteiger partial charge in [0.2, 0.25) is 0 Å². The Morgan fingerprint density at radius 1 is 1.39 bits per heavy atom. The van der Waals surface area contributed by atoms with Crippen molar-refractivity contribution in [3.05, 3.63) is 36.0 Å². The summed E-state index contributed by atoms with van der Waals surface area (Å²) in [6.45, 7) is 5.89. The van der Waals surface area contributed by atoms with E-state index in [4.69, 9.17) is 5.11 Å². The second-order valence-corrected chi connectivity index (χ2v) is 6.16. The van der Waals surface area contributed by atoms with Crippen LogP contribution in [0.4, 0.5) is 5.82 Å². The van der Waals surface area contributed by atoms with Crippen molar-refractivity contribution in [3.8, 4) is 0 Å². The van der Waals surface area contributed by atoms with Crippen LogP contribution >= 0.6 is 0 Å². The SMILES string of the molecule is CC(C)n1cnnc1C1CCCN(c2cccc(C(=O)O)n2)C1. The minimum Gasteiger partial charge on any atom is -0.477 e. The summed E-state index contributed by atoms with van der Waals surface area (Å²) < 4.78 is 2.11. The molecule has 1 atom stereocenters. The monoisotopic (exact) mass is 315 g/mol. The number of aromatic nitrogens is 4. The Labute approximate surface area is 135 Å². The van der Waals surface area contributed by atoms with E-state index in [1.54, 1.807) is 12.4 Å². The van der Waals surface area contributed by atoms with Gasteiger partial charge in [-0.3, -0.25) is 0 Å². The highest BCUT2D eigenvalue weighted by atomic mass is 16.4. The quantitative estimate of drug-likeness (QED) is 0.932. The third-order valence-electron chi connectivity index (χ3n) is 4.22. The van der Waals surface area contributed by atoms with E-state index >= 15 is 0 Å². The number of carbonyl (C=O) groups is 1. The van der Waals surface area contributed by atoms with Gasteiger partial charge in [-0.25, -0.2) is 9.78 Å². The summed E-state index contributed by atoms with van der Waals surface area (Å²) in [5.41, 5.74) is 0.0787. The summed E-state index contributed by atoms with van der Waals surface area (Å²) in [5.74, 6) is 0.994. The second-order valence-electron chi connectivity index (χ2n) is 6.16. The fourth-order valence-corrected chi connectivity index (χ4v) is 3.06. The predicted molar refractivity (Wildman–Crippen MR) is 85.8 cm³/mol. The molecule has 0 aliphatic carbocycles. The van der Waals surface area contributed by atoms with Crippen LogP contribution in [-0.2, 0) is 0 Å². The number of hydrogen-bond acceptors (Lipinski definition) is 5. The molecular formula is C16H21N5O2. The zero-order valence-electron chi connectivity index (χ0n) is 13.4. The summed E-state index contributed by atoms with van der Waals surface area (Å²) in [5, 5.41) is 17.5. The predicted octanol–water partition coefficient (Wildman–Crippen LogP) is 2.34. The zero-order chi connectivity index (χ0) is 16.4. The minimum absolute atomic E-state index is 0.0787. The third-order valence-corrected chi connectivity index (χ3v) is 4.22. The van der Waals surface area contributed by atoms with E-state index in [-0.39, 0.29) is 11.6 Å². The van der Waals surface area contributed by atoms with Crippen molar-refractivity contribution in [2.75, 3.05) is 18.0 Å². The van der Waals surface area contributed by atoms with Gasteiger partial charge >= 0.3 is 5.97 Å². The highest BCUT2D eigenvalue weighted by molar-refractivity contribution is 5.85. The number of anilines is 1. The summed E-state index contributed by atoms with van der Waals surface area (Å²) in [6, 6.07) is 5.44. The number of nitrogens with zero attached hydrogens (tertiary/aromatic N) is 5. The van der Waals surface area contributed by atoms with Gasteiger partial charge in [-0.15, -0.1) is 10.2 Å². The molecule has 1 saturated heterocycles. The van der Waals surface area contributed by atoms with Crippen molar-refractivity contribution in [1.29, 1.82) is 0 Å². The molecule has 3 heterocycles. The molecule has 1 unspecified atom stereocenters. The number of pyridine rings is 1. The maximum Gasteiger partial charge on any atom is 0.354 e. The van der Waals surface area contributed by atoms with E-state index in [1.165, 1.54) is 6.07 Å². The molecule has 0 spiro atoms. The summed E-state index contributed by atoms with van der Waals surface area (Å²) in [4.78, 5) is 17.5. The molecule has 122 valence electrons. The zero-order valence-corrected chi connectivity index (χ0v) is 13.4. The van der Waals surface area contributed by atoms with Crippen LogP contribution in [0.2, 0.25) is 0 Å². The van der Waals surface area contributed by atoms with Crippen LogP contribution in [0, 0.1) is 0 Å².